The lowest BCUT2D eigenvalue weighted by Gasteiger charge is -2.33. The summed E-state index contributed by atoms with van der Waals surface area (Å²) in [5.41, 5.74) is 7.85. The van der Waals surface area contributed by atoms with Gasteiger partial charge in [-0.2, -0.15) is 0 Å². The monoisotopic (exact) mass is 1080 g/mol. The predicted molar refractivity (Wildman–Crippen MR) is 283 cm³/mol. The number of aromatic nitrogens is 3. The molecular formula is C53H69N15O10. The fraction of sp³-hybridized carbons (Fsp3) is 0.472. The van der Waals surface area contributed by atoms with Crippen LogP contribution in [0.3, 0.4) is 0 Å². The lowest BCUT2D eigenvalue weighted by atomic mass is 10.0. The minimum absolute atomic E-state index is 0.0825. The number of guanidine groups is 1. The Hall–Kier alpha value is -8.64. The van der Waals surface area contributed by atoms with Crippen LogP contribution < -0.4 is 48.3 Å². The van der Waals surface area contributed by atoms with Gasteiger partial charge in [0.15, 0.2) is 11.7 Å². The molecule has 416 valence electrons. The van der Waals surface area contributed by atoms with Crippen LogP contribution in [0, 0.1) is 5.41 Å². The second kappa shape index (κ2) is 26.9. The average molecular weight is 1080 g/mol. The Balaban J connectivity index is 1.28. The van der Waals surface area contributed by atoms with Gasteiger partial charge in [0.1, 0.15) is 42.3 Å². The van der Waals surface area contributed by atoms with Crippen molar-refractivity contribution in [1.29, 1.82) is 5.41 Å². The number of hydrogen-bond acceptors (Lipinski definition) is 12. The Kier molecular flexibility index (Phi) is 19.7. The van der Waals surface area contributed by atoms with Crippen LogP contribution in [0.4, 0.5) is 0 Å². The first kappa shape index (κ1) is 57.1. The molecule has 0 radical (unpaired) electrons. The Morgan fingerprint density at radius 2 is 1.32 bits per heavy atom. The van der Waals surface area contributed by atoms with Gasteiger partial charge in [-0.25, -0.2) is 4.98 Å². The van der Waals surface area contributed by atoms with Crippen LogP contribution >= 0.6 is 0 Å². The molecule has 0 saturated carbocycles. The van der Waals surface area contributed by atoms with E-state index in [9.17, 15) is 43.2 Å². The maximum absolute atomic E-state index is 15.0. The van der Waals surface area contributed by atoms with Crippen LogP contribution in [-0.4, -0.2) is 164 Å². The number of para-hydroxylation sites is 1. The number of aromatic amines is 2. The van der Waals surface area contributed by atoms with Crippen molar-refractivity contribution in [1.82, 2.24) is 67.3 Å². The van der Waals surface area contributed by atoms with Crippen molar-refractivity contribution in [2.75, 3.05) is 26.2 Å². The third kappa shape index (κ3) is 15.3. The quantitative estimate of drug-likeness (QED) is 0.0393. The van der Waals surface area contributed by atoms with Gasteiger partial charge in [0.05, 0.1) is 24.5 Å². The molecule has 2 aromatic carbocycles. The Bertz CT molecular complexity index is 2840. The van der Waals surface area contributed by atoms with Gasteiger partial charge in [0.2, 0.25) is 53.2 Å². The highest BCUT2D eigenvalue weighted by Crippen LogP contribution is 2.27. The molecular weight excluding hydrogens is 1010 g/mol. The van der Waals surface area contributed by atoms with Gasteiger partial charge in [0, 0.05) is 75.7 Å². The number of ketones is 1. The van der Waals surface area contributed by atoms with Crippen LogP contribution in [-0.2, 0) is 67.2 Å². The number of Topliss-reactive ketones (excluding diaryl/α,β-unsaturated/α-hetero) is 1. The van der Waals surface area contributed by atoms with Crippen molar-refractivity contribution in [3.63, 3.8) is 0 Å². The number of hydrogen-bond donors (Lipinski definition) is 12. The summed E-state index contributed by atoms with van der Waals surface area (Å²) in [6.07, 6.45) is 5.06. The van der Waals surface area contributed by atoms with Crippen LogP contribution in [0.25, 0.3) is 10.9 Å². The zero-order valence-corrected chi connectivity index (χ0v) is 43.7. The third-order valence-corrected chi connectivity index (χ3v) is 14.1. The summed E-state index contributed by atoms with van der Waals surface area (Å²) in [6.45, 7) is 2.85. The molecule has 3 fully saturated rings. The fourth-order valence-electron chi connectivity index (χ4n) is 10.2. The normalized spacial score (nSPS) is 24.1. The van der Waals surface area contributed by atoms with E-state index in [1.165, 1.54) is 36.2 Å². The second-order valence-electron chi connectivity index (χ2n) is 19.9. The van der Waals surface area contributed by atoms with Gasteiger partial charge in [0.25, 0.3) is 0 Å². The van der Waals surface area contributed by atoms with E-state index in [4.69, 9.17) is 11.1 Å². The maximum atomic E-state index is 15.0. The first-order valence-corrected chi connectivity index (χ1v) is 26.3. The molecule has 3 saturated heterocycles. The summed E-state index contributed by atoms with van der Waals surface area (Å²) in [4.78, 5) is 155. The van der Waals surface area contributed by atoms with Gasteiger partial charge >= 0.3 is 0 Å². The minimum Gasteiger partial charge on any atom is -0.370 e. The molecule has 0 unspecified atom stereocenters. The number of nitrogens with two attached hydrogens (primary N) is 1. The molecule has 0 aliphatic carbocycles. The number of H-pyrrole nitrogens is 2. The average Bonchev–Trinajstić information content (AvgIpc) is 4.28. The molecule has 0 spiro atoms. The van der Waals surface area contributed by atoms with E-state index in [0.717, 1.165) is 5.52 Å². The van der Waals surface area contributed by atoms with Crippen molar-refractivity contribution in [3.05, 3.63) is 90.1 Å². The summed E-state index contributed by atoms with van der Waals surface area (Å²) in [5, 5.41) is 30.1. The van der Waals surface area contributed by atoms with E-state index in [2.05, 4.69) is 57.5 Å². The molecule has 7 rings (SSSR count). The molecule has 3 aliphatic heterocycles. The SMILES string of the molecule is CC(=O)N[C@H]1CCNC(=O)C[C@@H](C(=O)N2CCC[C@H]2C(=O)N2CCC[C@H]2C(C)=O)NC(=O)[C@H](Cc2c[nH]c3ccccc23)NC(=O)[C@H](CCCNC(=N)N)NC(=O)[C@@H](Cc2ccccc2)NC(=O)[C@H](Cc2c[nH]cn2)NC1=O. The predicted octanol–water partition coefficient (Wildman–Crippen LogP) is -1.41. The second-order valence-corrected chi connectivity index (χ2v) is 19.9. The molecule has 3 aliphatic rings. The van der Waals surface area contributed by atoms with Gasteiger partial charge in [-0.3, -0.25) is 53.4 Å². The first-order valence-electron chi connectivity index (χ1n) is 26.3. The van der Waals surface area contributed by atoms with Crippen LogP contribution in [0.5, 0.6) is 0 Å². The Morgan fingerprint density at radius 3 is 2.00 bits per heavy atom. The summed E-state index contributed by atoms with van der Waals surface area (Å²) in [7, 11) is 0. The summed E-state index contributed by atoms with van der Waals surface area (Å²) in [5.74, 6) is -7.29. The van der Waals surface area contributed by atoms with Gasteiger partial charge in [-0.05, 0) is 69.1 Å². The molecule has 2 aromatic heterocycles. The van der Waals surface area contributed by atoms with Crippen molar-refractivity contribution in [2.45, 2.75) is 133 Å². The lowest BCUT2D eigenvalue weighted by Crippen LogP contribution is -2.61. The molecule has 0 bridgehead atoms. The van der Waals surface area contributed by atoms with E-state index in [1.807, 2.05) is 18.2 Å². The number of carbonyl (C=O) groups excluding carboxylic acids is 10. The van der Waals surface area contributed by atoms with E-state index < -0.39 is 108 Å². The van der Waals surface area contributed by atoms with Crippen molar-refractivity contribution in [3.8, 4) is 0 Å². The molecule has 9 amide bonds. The highest BCUT2D eigenvalue weighted by molar-refractivity contribution is 6.00. The largest absolute Gasteiger partial charge is 0.370 e. The topological polar surface area (TPSA) is 368 Å². The van der Waals surface area contributed by atoms with Crippen molar-refractivity contribution >= 4 is 75.8 Å². The van der Waals surface area contributed by atoms with E-state index >= 15 is 4.79 Å². The number of amides is 9. The molecule has 25 heteroatoms. The molecule has 5 heterocycles. The van der Waals surface area contributed by atoms with Crippen LogP contribution in [0.1, 0.15) is 82.0 Å². The van der Waals surface area contributed by atoms with Gasteiger partial charge < -0.3 is 68.0 Å². The first-order chi connectivity index (χ1) is 37.4. The number of nitrogens with zero attached hydrogens (tertiary/aromatic N) is 3. The summed E-state index contributed by atoms with van der Waals surface area (Å²) >= 11 is 0. The third-order valence-electron chi connectivity index (χ3n) is 14.1. The number of carbonyl (C=O) groups is 10. The number of likely N-dealkylation sites (tertiary alicyclic amines) is 2. The summed E-state index contributed by atoms with van der Waals surface area (Å²) in [6, 6.07) is 5.71. The smallest absolute Gasteiger partial charge is 0.246 e. The zero-order chi connectivity index (χ0) is 55.9. The molecule has 4 aromatic rings. The molecule has 25 nitrogen and oxygen atoms in total. The van der Waals surface area contributed by atoms with Gasteiger partial charge in [-0.15, -0.1) is 0 Å². The van der Waals surface area contributed by atoms with Gasteiger partial charge in [-0.1, -0.05) is 48.5 Å². The number of imidazole rings is 1. The lowest BCUT2D eigenvalue weighted by molar-refractivity contribution is -0.148. The number of benzene rings is 2. The van der Waals surface area contributed by atoms with Crippen LogP contribution in [0.2, 0.25) is 0 Å². The maximum Gasteiger partial charge on any atom is 0.246 e. The summed E-state index contributed by atoms with van der Waals surface area (Å²) < 4.78 is 0. The van der Waals surface area contributed by atoms with E-state index in [-0.39, 0.29) is 76.3 Å². The van der Waals surface area contributed by atoms with Crippen molar-refractivity contribution < 1.29 is 47.9 Å². The standard InChI is InChI=1S/C53H69N15O10/c1-30(69)43-16-9-21-67(43)52(78)44-17-10-22-68(44)51(77)42-26-45(71)57-20-18-38(61-31(2)70)47(73)65-41(25-34-28-56-29-60-34)50(76)63-39(23-32-11-4-3-5-12-32)48(74)62-37(15-8-19-58-53(54)55)46(72)64-40(49(75)66-42)24-33-27-59-36-14-7-6-13-35(33)36/h3-7,11-14,27-29,37-44,59H,8-10,15-26H2,1-2H3,(H,56,60)(H,57,71)(H,61,70)(H,62,74)(H,63,76)(H,64,72)(H,65,73)(H,66,75)(H4,54,55,58)/t37-,38-,39+,40-,41-,42-,43-,44-/m0/s1. The molecule has 78 heavy (non-hydrogen) atoms. The Labute approximate surface area is 450 Å². The number of fused-ring (bicyclic) bond motifs is 1. The van der Waals surface area contributed by atoms with Crippen LogP contribution in [0.15, 0.2) is 73.3 Å². The molecule has 13 N–H and O–H groups in total. The minimum atomic E-state index is -1.63. The fourth-order valence-corrected chi connectivity index (χ4v) is 10.2. The highest BCUT2D eigenvalue weighted by atomic mass is 16.2. The van der Waals surface area contributed by atoms with E-state index in [0.29, 0.717) is 48.0 Å². The van der Waals surface area contributed by atoms with E-state index in [1.54, 1.807) is 42.6 Å². The van der Waals surface area contributed by atoms with Crippen molar-refractivity contribution in [2.24, 2.45) is 5.73 Å². The highest BCUT2D eigenvalue weighted by Gasteiger charge is 2.44. The zero-order valence-electron chi connectivity index (χ0n) is 43.7. The number of rotatable bonds is 14. The Morgan fingerprint density at radius 1 is 0.705 bits per heavy atom. The molecule has 8 atom stereocenters. The number of nitrogens with one attached hydrogen (secondary N) is 11.